The van der Waals surface area contributed by atoms with Crippen molar-refractivity contribution < 1.29 is 36.3 Å². The molecule has 0 bridgehead atoms. The van der Waals surface area contributed by atoms with Crippen LogP contribution < -0.4 is 5.32 Å². The van der Waals surface area contributed by atoms with E-state index in [0.717, 1.165) is 11.1 Å². The molecule has 1 fully saturated rings. The predicted octanol–water partition coefficient (Wildman–Crippen LogP) is 3.21. The third-order valence-electron chi connectivity index (χ3n) is 5.44. The molecule has 1 heterocycles. The van der Waals surface area contributed by atoms with Crippen LogP contribution in [-0.2, 0) is 26.2 Å². The van der Waals surface area contributed by atoms with Crippen molar-refractivity contribution in [1.82, 2.24) is 14.5 Å². The fraction of sp³-hybridized carbons (Fsp3) is 0.391. The second kappa shape index (κ2) is 12.5. The summed E-state index contributed by atoms with van der Waals surface area (Å²) in [6.45, 7) is 6.18. The monoisotopic (exact) mass is 549 g/mol. The molecule has 1 aliphatic heterocycles. The molecule has 1 saturated heterocycles. The highest BCUT2D eigenvalue weighted by Gasteiger charge is 2.38. The Bertz CT molecular complexity index is 1190. The summed E-state index contributed by atoms with van der Waals surface area (Å²) in [6, 6.07) is 12.1. The van der Waals surface area contributed by atoms with Crippen LogP contribution in [0.1, 0.15) is 16.7 Å². The number of carbonyl (C=O) groups is 2. The third-order valence-corrected chi connectivity index (χ3v) is 7.60. The van der Waals surface area contributed by atoms with E-state index in [-0.39, 0.29) is 23.9 Å². The second-order valence-corrected chi connectivity index (χ2v) is 10.4. The molecule has 8 nitrogen and oxygen atoms in total. The number of nitrogens with zero attached hydrogens (tertiary/aromatic N) is 2. The van der Waals surface area contributed by atoms with Gasteiger partial charge < -0.3 is 15.3 Å². The Kier molecular flexibility index (Phi) is 10.3. The molecule has 0 aliphatic carbocycles. The van der Waals surface area contributed by atoms with Gasteiger partial charge in [-0.2, -0.15) is 17.5 Å². The van der Waals surface area contributed by atoms with Gasteiger partial charge in [-0.3, -0.25) is 4.79 Å². The van der Waals surface area contributed by atoms with Crippen molar-refractivity contribution in [2.75, 3.05) is 32.7 Å². The number of aryl methyl sites for hydroxylation is 2. The summed E-state index contributed by atoms with van der Waals surface area (Å²) in [7, 11) is -3.88. The van der Waals surface area contributed by atoms with Gasteiger partial charge in [0.25, 0.3) is 0 Å². The van der Waals surface area contributed by atoms with Crippen molar-refractivity contribution in [2.24, 2.45) is 0 Å². The summed E-state index contributed by atoms with van der Waals surface area (Å²) in [5.74, 6) is -2.96. The molecule has 1 aliphatic rings. The minimum absolute atomic E-state index is 0.0345. The maximum Gasteiger partial charge on any atom is 0.490 e. The van der Waals surface area contributed by atoms with Crippen LogP contribution in [0, 0.1) is 13.8 Å². The Labute approximate surface area is 212 Å². The highest BCUT2D eigenvalue weighted by atomic mass is 35.5. The number of aliphatic carboxylic acids is 1. The topological polar surface area (TPSA) is 107 Å². The molecule has 0 unspecified atom stereocenters. The third kappa shape index (κ3) is 8.19. The van der Waals surface area contributed by atoms with E-state index in [2.05, 4.69) is 5.32 Å². The van der Waals surface area contributed by atoms with Crippen LogP contribution >= 0.6 is 11.6 Å². The van der Waals surface area contributed by atoms with E-state index >= 15 is 0 Å². The summed E-state index contributed by atoms with van der Waals surface area (Å²) in [5, 5.41) is 10.8. The lowest BCUT2D eigenvalue weighted by atomic mass is 10.1. The van der Waals surface area contributed by atoms with E-state index in [9.17, 15) is 26.4 Å². The van der Waals surface area contributed by atoms with Crippen molar-refractivity contribution >= 4 is 33.5 Å². The zero-order valence-electron chi connectivity index (χ0n) is 19.7. The number of hydrogen-bond acceptors (Lipinski definition) is 5. The molecule has 2 N–H and O–H groups in total. The van der Waals surface area contributed by atoms with Gasteiger partial charge in [0.05, 0.1) is 11.4 Å². The van der Waals surface area contributed by atoms with Gasteiger partial charge in [0.1, 0.15) is 0 Å². The first-order valence-corrected chi connectivity index (χ1v) is 12.6. The fourth-order valence-electron chi connectivity index (χ4n) is 3.23. The molecule has 0 saturated carbocycles. The Morgan fingerprint density at radius 2 is 1.67 bits per heavy atom. The quantitative estimate of drug-likeness (QED) is 0.573. The Balaban J connectivity index is 0.000000572. The van der Waals surface area contributed by atoms with Crippen LogP contribution in [-0.4, -0.2) is 73.5 Å². The molecule has 198 valence electrons. The SMILES string of the molecule is Cc1ccc(S(=O)(=O)N(CC(=O)N2CCNCC2)Cc2ccccc2Cl)cc1C.O=C(O)C(F)(F)F. The molecular weight excluding hydrogens is 523 g/mol. The van der Waals surface area contributed by atoms with Crippen LogP contribution in [0.5, 0.6) is 0 Å². The van der Waals surface area contributed by atoms with Crippen LogP contribution in [0.3, 0.4) is 0 Å². The van der Waals surface area contributed by atoms with Crippen LogP contribution in [0.4, 0.5) is 13.2 Å². The van der Waals surface area contributed by atoms with Crippen molar-refractivity contribution in [1.29, 1.82) is 0 Å². The average molecular weight is 550 g/mol. The lowest BCUT2D eigenvalue weighted by Gasteiger charge is -2.30. The highest BCUT2D eigenvalue weighted by molar-refractivity contribution is 7.89. The van der Waals surface area contributed by atoms with Gasteiger partial charge in [0, 0.05) is 37.7 Å². The molecule has 13 heteroatoms. The number of amides is 1. The molecule has 0 aromatic heterocycles. The summed E-state index contributed by atoms with van der Waals surface area (Å²) in [4.78, 5) is 23.6. The van der Waals surface area contributed by atoms with E-state index in [1.54, 1.807) is 47.4 Å². The molecule has 1 amide bonds. The van der Waals surface area contributed by atoms with E-state index < -0.39 is 22.2 Å². The largest absolute Gasteiger partial charge is 0.490 e. The number of carboxylic acids is 1. The highest BCUT2D eigenvalue weighted by Crippen LogP contribution is 2.24. The van der Waals surface area contributed by atoms with Gasteiger partial charge in [-0.05, 0) is 48.7 Å². The van der Waals surface area contributed by atoms with Gasteiger partial charge in [-0.25, -0.2) is 13.2 Å². The number of nitrogens with one attached hydrogen (secondary N) is 1. The van der Waals surface area contributed by atoms with Gasteiger partial charge in [-0.15, -0.1) is 0 Å². The smallest absolute Gasteiger partial charge is 0.475 e. The predicted molar refractivity (Wildman–Crippen MR) is 128 cm³/mol. The van der Waals surface area contributed by atoms with Crippen LogP contribution in [0.2, 0.25) is 5.02 Å². The number of alkyl halides is 3. The molecule has 36 heavy (non-hydrogen) atoms. The number of piperazine rings is 1. The van der Waals surface area contributed by atoms with E-state index in [0.29, 0.717) is 36.8 Å². The number of rotatable bonds is 6. The van der Waals surface area contributed by atoms with Gasteiger partial charge >= 0.3 is 12.1 Å². The molecule has 0 spiro atoms. The number of sulfonamides is 1. The molecular formula is C23H27ClF3N3O5S. The molecule has 0 atom stereocenters. The minimum atomic E-state index is -5.08. The minimum Gasteiger partial charge on any atom is -0.475 e. The van der Waals surface area contributed by atoms with Crippen molar-refractivity contribution in [3.05, 3.63) is 64.2 Å². The lowest BCUT2D eigenvalue weighted by Crippen LogP contribution is -2.50. The maximum atomic E-state index is 13.4. The normalized spacial score (nSPS) is 14.2. The summed E-state index contributed by atoms with van der Waals surface area (Å²) < 4.78 is 59.8. The first kappa shape index (κ1) is 29.6. The molecule has 2 aromatic rings. The summed E-state index contributed by atoms with van der Waals surface area (Å²) >= 11 is 6.27. The molecule has 2 aromatic carbocycles. The van der Waals surface area contributed by atoms with Gasteiger partial charge in [0.2, 0.25) is 15.9 Å². The number of hydrogen-bond donors (Lipinski definition) is 2. The van der Waals surface area contributed by atoms with E-state index in [1.165, 1.54) is 4.31 Å². The molecule has 3 rings (SSSR count). The zero-order valence-corrected chi connectivity index (χ0v) is 21.3. The van der Waals surface area contributed by atoms with Gasteiger partial charge in [-0.1, -0.05) is 35.9 Å². The first-order valence-electron chi connectivity index (χ1n) is 10.8. The van der Waals surface area contributed by atoms with Gasteiger partial charge in [0.15, 0.2) is 0 Å². The van der Waals surface area contributed by atoms with Crippen LogP contribution in [0.25, 0.3) is 0 Å². The molecule has 0 radical (unpaired) electrons. The number of carboxylic acid groups (broad SMARTS) is 1. The van der Waals surface area contributed by atoms with E-state index in [1.807, 2.05) is 13.8 Å². The first-order chi connectivity index (χ1) is 16.7. The second-order valence-electron chi connectivity index (χ2n) is 8.04. The fourth-order valence-corrected chi connectivity index (χ4v) is 4.88. The van der Waals surface area contributed by atoms with Crippen LogP contribution in [0.15, 0.2) is 47.4 Å². The Morgan fingerprint density at radius 3 is 2.19 bits per heavy atom. The van der Waals surface area contributed by atoms with Crippen molar-refractivity contribution in [2.45, 2.75) is 31.5 Å². The lowest BCUT2D eigenvalue weighted by molar-refractivity contribution is -0.192. The number of benzene rings is 2. The zero-order chi connectivity index (χ0) is 27.1. The standard InChI is InChI=1S/C21H26ClN3O3S.C2HF3O2/c1-16-7-8-19(13-17(16)2)29(27,28)25(14-18-5-3-4-6-20(18)22)15-21(26)24-11-9-23-10-12-24;3-2(4,5)1(6)7/h3-8,13,23H,9-12,14-15H2,1-2H3;(H,6,7). The maximum absolute atomic E-state index is 13.4. The number of halogens is 4. The average Bonchev–Trinajstić information content (AvgIpc) is 2.82. The number of carbonyl (C=O) groups excluding carboxylic acids is 1. The summed E-state index contributed by atoms with van der Waals surface area (Å²) in [5.41, 5.74) is 2.56. The van der Waals surface area contributed by atoms with Crippen molar-refractivity contribution in [3.63, 3.8) is 0 Å². The van der Waals surface area contributed by atoms with E-state index in [4.69, 9.17) is 21.5 Å². The Hall–Kier alpha value is -2.67. The Morgan fingerprint density at radius 1 is 1.08 bits per heavy atom. The summed E-state index contributed by atoms with van der Waals surface area (Å²) in [6.07, 6.45) is -5.08. The van der Waals surface area contributed by atoms with Crippen molar-refractivity contribution in [3.8, 4) is 0 Å².